The summed E-state index contributed by atoms with van der Waals surface area (Å²) >= 11 is 0. The summed E-state index contributed by atoms with van der Waals surface area (Å²) in [6, 6.07) is 0. The quantitative estimate of drug-likeness (QED) is 0.749. The van der Waals surface area contributed by atoms with Gasteiger partial charge < -0.3 is 4.90 Å². The molecule has 0 aliphatic heterocycles. The van der Waals surface area contributed by atoms with Gasteiger partial charge in [-0.3, -0.25) is 4.79 Å². The largest absolute Gasteiger partial charge is 0.302 e. The van der Waals surface area contributed by atoms with Crippen molar-refractivity contribution in [2.24, 2.45) is 23.2 Å². The Bertz CT molecular complexity index is 307. The normalized spacial score (nSPS) is 44.1. The fraction of sp³-hybridized carbons (Fsp3) is 0.933. The number of carbonyl (C=O) groups excluding carboxylic acids is 1. The Labute approximate surface area is 105 Å². The third-order valence-electron chi connectivity index (χ3n) is 5.41. The molecule has 96 valence electrons. The maximum absolute atomic E-state index is 12.6. The van der Waals surface area contributed by atoms with E-state index in [4.69, 9.17) is 0 Å². The molecule has 4 rings (SSSR count). The predicted molar refractivity (Wildman–Crippen MR) is 68.8 cm³/mol. The van der Waals surface area contributed by atoms with E-state index in [0.717, 1.165) is 17.8 Å². The second-order valence-electron chi connectivity index (χ2n) is 7.20. The first kappa shape index (κ1) is 11.7. The van der Waals surface area contributed by atoms with E-state index in [9.17, 15) is 4.79 Å². The van der Waals surface area contributed by atoms with Crippen molar-refractivity contribution in [1.29, 1.82) is 0 Å². The molecule has 0 radical (unpaired) electrons. The molecule has 2 unspecified atom stereocenters. The van der Waals surface area contributed by atoms with Crippen molar-refractivity contribution in [1.82, 2.24) is 4.90 Å². The summed E-state index contributed by atoms with van der Waals surface area (Å²) < 4.78 is 0. The van der Waals surface area contributed by atoms with Crippen LogP contribution in [0.15, 0.2) is 0 Å². The van der Waals surface area contributed by atoms with Crippen LogP contribution in [0, 0.1) is 23.2 Å². The SMILES string of the molecule is CN(C)CC(=O)C12CC3C[C@@H](CC[C@@H](C3)C1)C2. The molecule has 0 aromatic carbocycles. The van der Waals surface area contributed by atoms with Gasteiger partial charge in [-0.2, -0.15) is 0 Å². The van der Waals surface area contributed by atoms with Crippen LogP contribution >= 0.6 is 0 Å². The zero-order chi connectivity index (χ0) is 12.0. The zero-order valence-corrected chi connectivity index (χ0v) is 11.2. The second kappa shape index (κ2) is 4.08. The molecule has 0 amide bonds. The fourth-order valence-corrected chi connectivity index (χ4v) is 4.99. The van der Waals surface area contributed by atoms with Gasteiger partial charge in [0, 0.05) is 5.41 Å². The van der Waals surface area contributed by atoms with Crippen molar-refractivity contribution >= 4 is 5.78 Å². The van der Waals surface area contributed by atoms with E-state index in [2.05, 4.69) is 4.90 Å². The van der Waals surface area contributed by atoms with E-state index in [1.165, 1.54) is 44.9 Å². The Morgan fingerprint density at radius 1 is 1.06 bits per heavy atom. The van der Waals surface area contributed by atoms with Crippen LogP contribution in [0.2, 0.25) is 0 Å². The molecular weight excluding hydrogens is 210 g/mol. The maximum Gasteiger partial charge on any atom is 0.152 e. The molecule has 4 bridgehead atoms. The van der Waals surface area contributed by atoms with Crippen LogP contribution in [0.5, 0.6) is 0 Å². The number of likely N-dealkylation sites (N-methyl/N-ethyl adjacent to an activating group) is 1. The van der Waals surface area contributed by atoms with Crippen molar-refractivity contribution < 1.29 is 4.79 Å². The van der Waals surface area contributed by atoms with Gasteiger partial charge in [-0.05, 0) is 64.0 Å². The molecular formula is C15H25NO. The minimum Gasteiger partial charge on any atom is -0.302 e. The summed E-state index contributed by atoms with van der Waals surface area (Å²) in [5.41, 5.74) is 0.0945. The lowest BCUT2D eigenvalue weighted by atomic mass is 9.57. The van der Waals surface area contributed by atoms with E-state index in [1.807, 2.05) is 14.1 Å². The summed E-state index contributed by atoms with van der Waals surface area (Å²) in [6.07, 6.45) is 9.29. The van der Waals surface area contributed by atoms with Crippen molar-refractivity contribution in [3.05, 3.63) is 0 Å². The highest BCUT2D eigenvalue weighted by molar-refractivity contribution is 5.87. The summed E-state index contributed by atoms with van der Waals surface area (Å²) in [5, 5.41) is 0. The minimum absolute atomic E-state index is 0.0945. The van der Waals surface area contributed by atoms with E-state index < -0.39 is 0 Å². The summed E-state index contributed by atoms with van der Waals surface area (Å²) in [6.45, 7) is 0.659. The third-order valence-corrected chi connectivity index (χ3v) is 5.41. The molecule has 4 fully saturated rings. The molecule has 4 aliphatic carbocycles. The number of fused-ring (bicyclic) bond motifs is 1. The highest BCUT2D eigenvalue weighted by Crippen LogP contribution is 2.58. The van der Waals surface area contributed by atoms with Gasteiger partial charge in [-0.1, -0.05) is 12.8 Å². The average molecular weight is 235 g/mol. The molecule has 2 nitrogen and oxygen atoms in total. The van der Waals surface area contributed by atoms with Crippen LogP contribution in [0.4, 0.5) is 0 Å². The first-order valence-corrected chi connectivity index (χ1v) is 7.25. The van der Waals surface area contributed by atoms with Gasteiger partial charge in [0.15, 0.2) is 5.78 Å². The zero-order valence-electron chi connectivity index (χ0n) is 11.2. The Balaban J connectivity index is 1.84. The van der Waals surface area contributed by atoms with Crippen molar-refractivity contribution in [3.8, 4) is 0 Å². The standard InChI is InChI=1S/C15H25NO/c1-16(2)10-14(17)15-7-11-3-4-12(8-15)6-13(5-11)9-15/h11-13H,3-10H2,1-2H3/t11-,12+,13?,15?. The van der Waals surface area contributed by atoms with Crippen molar-refractivity contribution in [2.75, 3.05) is 20.6 Å². The van der Waals surface area contributed by atoms with Crippen molar-refractivity contribution in [2.45, 2.75) is 44.9 Å². The molecule has 2 heteroatoms. The topological polar surface area (TPSA) is 20.3 Å². The van der Waals surface area contributed by atoms with E-state index >= 15 is 0 Å². The first-order chi connectivity index (χ1) is 8.07. The lowest BCUT2D eigenvalue weighted by molar-refractivity contribution is -0.136. The molecule has 4 aliphatic rings. The van der Waals surface area contributed by atoms with Gasteiger partial charge in [0.1, 0.15) is 0 Å². The average Bonchev–Trinajstić information content (AvgIpc) is 2.44. The number of nitrogens with zero attached hydrogens (tertiary/aromatic N) is 1. The molecule has 0 saturated heterocycles. The third kappa shape index (κ3) is 2.05. The van der Waals surface area contributed by atoms with Crippen LogP contribution in [0.25, 0.3) is 0 Å². The first-order valence-electron chi connectivity index (χ1n) is 7.25. The molecule has 0 spiro atoms. The van der Waals surface area contributed by atoms with Crippen LogP contribution < -0.4 is 0 Å². The van der Waals surface area contributed by atoms with E-state index in [-0.39, 0.29) is 5.41 Å². The Morgan fingerprint density at radius 2 is 1.59 bits per heavy atom. The van der Waals surface area contributed by atoms with E-state index in [0.29, 0.717) is 12.3 Å². The Morgan fingerprint density at radius 3 is 2.12 bits per heavy atom. The number of ketones is 1. The lowest BCUT2D eigenvalue weighted by Gasteiger charge is -2.47. The van der Waals surface area contributed by atoms with Gasteiger partial charge >= 0.3 is 0 Å². The number of carbonyl (C=O) groups is 1. The Hall–Kier alpha value is -0.370. The molecule has 0 heterocycles. The monoisotopic (exact) mass is 235 g/mol. The van der Waals surface area contributed by atoms with Crippen LogP contribution in [-0.4, -0.2) is 31.3 Å². The second-order valence-corrected chi connectivity index (χ2v) is 7.20. The highest BCUT2D eigenvalue weighted by atomic mass is 16.1. The summed E-state index contributed by atoms with van der Waals surface area (Å²) in [4.78, 5) is 14.7. The van der Waals surface area contributed by atoms with Crippen molar-refractivity contribution in [3.63, 3.8) is 0 Å². The van der Waals surface area contributed by atoms with Gasteiger partial charge in [-0.25, -0.2) is 0 Å². The minimum atomic E-state index is 0.0945. The molecule has 0 aromatic heterocycles. The highest BCUT2D eigenvalue weighted by Gasteiger charge is 2.51. The van der Waals surface area contributed by atoms with Gasteiger partial charge in [0.2, 0.25) is 0 Å². The van der Waals surface area contributed by atoms with Crippen LogP contribution in [0.3, 0.4) is 0 Å². The lowest BCUT2D eigenvalue weighted by Crippen LogP contribution is -2.46. The number of hydrogen-bond donors (Lipinski definition) is 0. The van der Waals surface area contributed by atoms with Gasteiger partial charge in [0.05, 0.1) is 6.54 Å². The van der Waals surface area contributed by atoms with Gasteiger partial charge in [0.25, 0.3) is 0 Å². The molecule has 0 N–H and O–H groups in total. The number of hydrogen-bond acceptors (Lipinski definition) is 2. The van der Waals surface area contributed by atoms with Gasteiger partial charge in [-0.15, -0.1) is 0 Å². The number of Topliss-reactive ketones (excluding diaryl/α,β-unsaturated/α-hetero) is 1. The molecule has 0 aromatic rings. The van der Waals surface area contributed by atoms with E-state index in [1.54, 1.807) is 0 Å². The van der Waals surface area contributed by atoms with Crippen LogP contribution in [0.1, 0.15) is 44.9 Å². The molecule has 4 atom stereocenters. The summed E-state index contributed by atoms with van der Waals surface area (Å²) in [7, 11) is 4.04. The molecule has 17 heavy (non-hydrogen) atoms. The molecule has 4 saturated carbocycles. The summed E-state index contributed by atoms with van der Waals surface area (Å²) in [5.74, 6) is 3.16. The maximum atomic E-state index is 12.6. The fourth-order valence-electron chi connectivity index (χ4n) is 4.99. The Kier molecular flexibility index (Phi) is 2.81. The predicted octanol–water partition coefficient (Wildman–Crippen LogP) is 2.72. The van der Waals surface area contributed by atoms with Crippen LogP contribution in [-0.2, 0) is 4.79 Å². The number of rotatable bonds is 3. The smallest absolute Gasteiger partial charge is 0.152 e.